The fourth-order valence-electron chi connectivity index (χ4n) is 4.47. The van der Waals surface area contributed by atoms with Crippen LogP contribution in [0.2, 0.25) is 0 Å². The van der Waals surface area contributed by atoms with Crippen molar-refractivity contribution in [3.8, 4) is 0 Å². The third kappa shape index (κ3) is 14.5. The van der Waals surface area contributed by atoms with Gasteiger partial charge < -0.3 is 14.2 Å². The summed E-state index contributed by atoms with van der Waals surface area (Å²) in [4.78, 5) is 0. The first kappa shape index (κ1) is 28.9. The largest absolute Gasteiger partial charge is 0.331 e. The van der Waals surface area contributed by atoms with Gasteiger partial charge in [-0.3, -0.25) is 0 Å². The van der Waals surface area contributed by atoms with Gasteiger partial charge in [0, 0.05) is 27.2 Å². The SMILES string of the molecule is CCCCCCCCCCCCCC(CCCCCCCC)C(OC)(OC)OC. The molecule has 0 spiro atoms. The van der Waals surface area contributed by atoms with Gasteiger partial charge in [-0.2, -0.15) is 0 Å². The molecule has 0 saturated heterocycles. The molecule has 0 rings (SSSR count). The van der Waals surface area contributed by atoms with Gasteiger partial charge in [0.25, 0.3) is 5.97 Å². The van der Waals surface area contributed by atoms with Gasteiger partial charge in [-0.25, -0.2) is 0 Å². The Morgan fingerprint density at radius 3 is 1.00 bits per heavy atom. The molecule has 0 aromatic carbocycles. The van der Waals surface area contributed by atoms with Crippen LogP contribution in [0.1, 0.15) is 136 Å². The second-order valence-corrected chi connectivity index (χ2v) is 8.79. The van der Waals surface area contributed by atoms with Crippen LogP contribution in [0.25, 0.3) is 0 Å². The predicted molar refractivity (Wildman–Crippen MR) is 126 cm³/mol. The first-order valence-corrected chi connectivity index (χ1v) is 12.9. The first-order chi connectivity index (χ1) is 14.2. The van der Waals surface area contributed by atoms with Crippen LogP contribution in [-0.2, 0) is 14.2 Å². The Hall–Kier alpha value is -0.120. The third-order valence-electron chi connectivity index (χ3n) is 6.42. The van der Waals surface area contributed by atoms with Crippen molar-refractivity contribution < 1.29 is 14.2 Å². The highest BCUT2D eigenvalue weighted by Gasteiger charge is 2.39. The Labute approximate surface area is 183 Å². The molecule has 0 heterocycles. The maximum atomic E-state index is 5.70. The summed E-state index contributed by atoms with van der Waals surface area (Å²) in [6.07, 6.45) is 25.4. The molecule has 0 N–H and O–H groups in total. The predicted octanol–water partition coefficient (Wildman–Crippen LogP) is 8.65. The van der Waals surface area contributed by atoms with Crippen molar-refractivity contribution in [2.75, 3.05) is 21.3 Å². The van der Waals surface area contributed by atoms with E-state index in [4.69, 9.17) is 14.2 Å². The maximum Gasteiger partial charge on any atom is 0.285 e. The van der Waals surface area contributed by atoms with Crippen molar-refractivity contribution in [2.45, 2.75) is 142 Å². The molecule has 0 saturated carbocycles. The quantitative estimate of drug-likeness (QED) is 0.124. The summed E-state index contributed by atoms with van der Waals surface area (Å²) in [6.45, 7) is 4.56. The van der Waals surface area contributed by atoms with E-state index in [-0.39, 0.29) is 0 Å². The molecule has 0 fully saturated rings. The highest BCUT2D eigenvalue weighted by atomic mass is 16.9. The number of rotatable bonds is 23. The van der Waals surface area contributed by atoms with Crippen molar-refractivity contribution in [3.63, 3.8) is 0 Å². The molecule has 0 aromatic rings. The van der Waals surface area contributed by atoms with Gasteiger partial charge in [-0.15, -0.1) is 0 Å². The zero-order valence-corrected chi connectivity index (χ0v) is 20.7. The zero-order chi connectivity index (χ0) is 21.6. The summed E-state index contributed by atoms with van der Waals surface area (Å²) >= 11 is 0. The highest BCUT2D eigenvalue weighted by Crippen LogP contribution is 2.33. The number of hydrogen-bond acceptors (Lipinski definition) is 3. The minimum atomic E-state index is -0.873. The van der Waals surface area contributed by atoms with E-state index in [1.165, 1.54) is 109 Å². The lowest BCUT2D eigenvalue weighted by Crippen LogP contribution is -2.44. The first-order valence-electron chi connectivity index (χ1n) is 12.9. The molecule has 0 aliphatic rings. The van der Waals surface area contributed by atoms with Gasteiger partial charge >= 0.3 is 0 Å². The summed E-state index contributed by atoms with van der Waals surface area (Å²) in [6, 6.07) is 0. The van der Waals surface area contributed by atoms with Gasteiger partial charge in [-0.05, 0) is 12.8 Å². The average molecular weight is 415 g/mol. The molecular weight excluding hydrogens is 360 g/mol. The molecule has 0 amide bonds. The van der Waals surface area contributed by atoms with E-state index in [1.54, 1.807) is 21.3 Å². The average Bonchev–Trinajstić information content (AvgIpc) is 2.75. The fraction of sp³-hybridized carbons (Fsp3) is 1.00. The Bertz CT molecular complexity index is 307. The normalized spacial score (nSPS) is 13.1. The van der Waals surface area contributed by atoms with E-state index in [0.29, 0.717) is 5.92 Å². The molecule has 29 heavy (non-hydrogen) atoms. The molecular formula is C26H54O3. The molecule has 3 nitrogen and oxygen atoms in total. The van der Waals surface area contributed by atoms with Gasteiger partial charge in [0.2, 0.25) is 0 Å². The Balaban J connectivity index is 4.05. The highest BCUT2D eigenvalue weighted by molar-refractivity contribution is 4.71. The number of ether oxygens (including phenoxy) is 3. The maximum absolute atomic E-state index is 5.70. The molecule has 0 radical (unpaired) electrons. The Kier molecular flexibility index (Phi) is 21.0. The van der Waals surface area contributed by atoms with Crippen LogP contribution in [0.3, 0.4) is 0 Å². The fourth-order valence-corrected chi connectivity index (χ4v) is 4.47. The molecule has 0 aliphatic carbocycles. The van der Waals surface area contributed by atoms with Crippen molar-refractivity contribution in [2.24, 2.45) is 5.92 Å². The minimum absolute atomic E-state index is 0.312. The van der Waals surface area contributed by atoms with Gasteiger partial charge in [-0.1, -0.05) is 123 Å². The van der Waals surface area contributed by atoms with E-state index in [0.717, 1.165) is 12.8 Å². The number of unbranched alkanes of at least 4 members (excludes halogenated alkanes) is 15. The second kappa shape index (κ2) is 21.1. The van der Waals surface area contributed by atoms with E-state index >= 15 is 0 Å². The van der Waals surface area contributed by atoms with Gasteiger partial charge in [0.05, 0.1) is 0 Å². The third-order valence-corrected chi connectivity index (χ3v) is 6.42. The topological polar surface area (TPSA) is 27.7 Å². The van der Waals surface area contributed by atoms with Crippen LogP contribution in [0.15, 0.2) is 0 Å². The summed E-state index contributed by atoms with van der Waals surface area (Å²) in [5, 5.41) is 0. The standard InChI is InChI=1S/C26H54O3/c1-6-8-10-12-14-15-16-17-18-20-22-24-25(26(27-3,28-4)29-5)23-21-19-13-11-9-7-2/h25H,6-24H2,1-5H3. The molecule has 0 bridgehead atoms. The molecule has 0 aliphatic heterocycles. The Morgan fingerprint density at radius 1 is 0.448 bits per heavy atom. The molecule has 0 aromatic heterocycles. The van der Waals surface area contributed by atoms with E-state index < -0.39 is 5.97 Å². The lowest BCUT2D eigenvalue weighted by molar-refractivity contribution is -0.380. The lowest BCUT2D eigenvalue weighted by atomic mass is 9.91. The van der Waals surface area contributed by atoms with Crippen LogP contribution in [-0.4, -0.2) is 27.3 Å². The van der Waals surface area contributed by atoms with Crippen LogP contribution >= 0.6 is 0 Å². The van der Waals surface area contributed by atoms with Crippen LogP contribution in [0, 0.1) is 5.92 Å². The Morgan fingerprint density at radius 2 is 0.724 bits per heavy atom. The van der Waals surface area contributed by atoms with Crippen molar-refractivity contribution in [3.05, 3.63) is 0 Å². The monoisotopic (exact) mass is 414 g/mol. The van der Waals surface area contributed by atoms with Gasteiger partial charge in [0.1, 0.15) is 0 Å². The van der Waals surface area contributed by atoms with E-state index in [9.17, 15) is 0 Å². The second-order valence-electron chi connectivity index (χ2n) is 8.79. The molecule has 1 unspecified atom stereocenters. The number of hydrogen-bond donors (Lipinski definition) is 0. The van der Waals surface area contributed by atoms with Crippen molar-refractivity contribution in [1.29, 1.82) is 0 Å². The van der Waals surface area contributed by atoms with Crippen LogP contribution < -0.4 is 0 Å². The molecule has 1 atom stereocenters. The summed E-state index contributed by atoms with van der Waals surface area (Å²) in [5.74, 6) is -0.561. The summed E-state index contributed by atoms with van der Waals surface area (Å²) in [7, 11) is 5.13. The molecule has 176 valence electrons. The summed E-state index contributed by atoms with van der Waals surface area (Å²) < 4.78 is 17.1. The van der Waals surface area contributed by atoms with Crippen molar-refractivity contribution in [1.82, 2.24) is 0 Å². The number of methoxy groups -OCH3 is 3. The van der Waals surface area contributed by atoms with E-state index in [1.807, 2.05) is 0 Å². The van der Waals surface area contributed by atoms with E-state index in [2.05, 4.69) is 13.8 Å². The molecule has 3 heteroatoms. The summed E-state index contributed by atoms with van der Waals surface area (Å²) in [5.41, 5.74) is 0. The van der Waals surface area contributed by atoms with Crippen LogP contribution in [0.4, 0.5) is 0 Å². The smallest absolute Gasteiger partial charge is 0.285 e. The zero-order valence-electron chi connectivity index (χ0n) is 20.7. The minimum Gasteiger partial charge on any atom is -0.331 e. The van der Waals surface area contributed by atoms with Crippen molar-refractivity contribution >= 4 is 0 Å². The van der Waals surface area contributed by atoms with Crippen LogP contribution in [0.5, 0.6) is 0 Å². The lowest BCUT2D eigenvalue weighted by Gasteiger charge is -2.36. The van der Waals surface area contributed by atoms with Gasteiger partial charge in [0.15, 0.2) is 0 Å².